The highest BCUT2D eigenvalue weighted by molar-refractivity contribution is 5.38. The monoisotopic (exact) mass is 205 g/mol. The van der Waals surface area contributed by atoms with Crippen LogP contribution in [0.3, 0.4) is 0 Å². The first kappa shape index (κ1) is 9.76. The molecule has 0 aliphatic rings. The zero-order chi connectivity index (χ0) is 10.7. The second kappa shape index (κ2) is 4.16. The van der Waals surface area contributed by atoms with Crippen LogP contribution in [0, 0.1) is 0 Å². The summed E-state index contributed by atoms with van der Waals surface area (Å²) in [5, 5.41) is 11.6. The van der Waals surface area contributed by atoms with Gasteiger partial charge in [-0.2, -0.15) is 10.2 Å². The fourth-order valence-electron chi connectivity index (χ4n) is 1.39. The Morgan fingerprint density at radius 1 is 1.27 bits per heavy atom. The molecule has 0 unspecified atom stereocenters. The third kappa shape index (κ3) is 2.37. The van der Waals surface area contributed by atoms with E-state index in [1.54, 1.807) is 4.68 Å². The van der Waals surface area contributed by atoms with Gasteiger partial charge in [0, 0.05) is 38.1 Å². The maximum atomic E-state index is 4.21. The molecule has 0 bridgehead atoms. The molecule has 0 aromatic carbocycles. The molecule has 0 aliphatic carbocycles. The van der Waals surface area contributed by atoms with Crippen LogP contribution in [0.25, 0.3) is 0 Å². The Morgan fingerprint density at radius 2 is 2.13 bits per heavy atom. The summed E-state index contributed by atoms with van der Waals surface area (Å²) >= 11 is 0. The number of nitrogens with zero attached hydrogens (tertiary/aromatic N) is 4. The summed E-state index contributed by atoms with van der Waals surface area (Å²) in [7, 11) is 1.90. The molecule has 5 nitrogen and oxygen atoms in total. The van der Waals surface area contributed by atoms with Gasteiger partial charge in [0.25, 0.3) is 0 Å². The maximum absolute atomic E-state index is 4.21. The van der Waals surface area contributed by atoms with Crippen LogP contribution in [0.5, 0.6) is 0 Å². The molecule has 2 aromatic rings. The van der Waals surface area contributed by atoms with Crippen molar-refractivity contribution in [2.75, 3.05) is 5.32 Å². The Kier molecular flexibility index (Phi) is 2.71. The van der Waals surface area contributed by atoms with E-state index in [0.717, 1.165) is 18.8 Å². The minimum atomic E-state index is 0.783. The number of hydrogen-bond acceptors (Lipinski definition) is 3. The van der Waals surface area contributed by atoms with Gasteiger partial charge < -0.3 is 5.32 Å². The standard InChI is InChI=1S/C10H15N5/c1-3-15-7-9(5-13-15)4-11-10-6-12-14(2)8-10/h5-8,11H,3-4H2,1-2H3. The van der Waals surface area contributed by atoms with E-state index in [9.17, 15) is 0 Å². The SMILES string of the molecule is CCn1cc(CNc2cnn(C)c2)cn1. The Hall–Kier alpha value is -1.78. The molecule has 0 spiro atoms. The van der Waals surface area contributed by atoms with Crippen LogP contribution in [0.1, 0.15) is 12.5 Å². The van der Waals surface area contributed by atoms with Gasteiger partial charge in [-0.05, 0) is 6.92 Å². The first-order chi connectivity index (χ1) is 7.28. The Balaban J connectivity index is 1.93. The zero-order valence-electron chi connectivity index (χ0n) is 9.01. The molecule has 2 heterocycles. The molecule has 0 atom stereocenters. The van der Waals surface area contributed by atoms with E-state index in [1.165, 1.54) is 5.56 Å². The summed E-state index contributed by atoms with van der Waals surface area (Å²) < 4.78 is 3.69. The van der Waals surface area contributed by atoms with Gasteiger partial charge in [0.2, 0.25) is 0 Å². The van der Waals surface area contributed by atoms with E-state index < -0.39 is 0 Å². The van der Waals surface area contributed by atoms with Gasteiger partial charge in [-0.1, -0.05) is 0 Å². The summed E-state index contributed by atoms with van der Waals surface area (Å²) in [6, 6.07) is 0. The number of nitrogens with one attached hydrogen (secondary N) is 1. The van der Waals surface area contributed by atoms with Crippen LogP contribution in [0.4, 0.5) is 5.69 Å². The molecule has 80 valence electrons. The fraction of sp³-hybridized carbons (Fsp3) is 0.400. The molecule has 0 amide bonds. The molecular formula is C10H15N5. The topological polar surface area (TPSA) is 47.7 Å². The van der Waals surface area contributed by atoms with E-state index in [1.807, 2.05) is 36.5 Å². The molecule has 0 aliphatic heterocycles. The van der Waals surface area contributed by atoms with Gasteiger partial charge in [-0.3, -0.25) is 9.36 Å². The van der Waals surface area contributed by atoms with Crippen molar-refractivity contribution in [3.8, 4) is 0 Å². The molecule has 0 radical (unpaired) electrons. The average Bonchev–Trinajstić information content (AvgIpc) is 2.83. The molecule has 15 heavy (non-hydrogen) atoms. The van der Waals surface area contributed by atoms with Crippen molar-refractivity contribution in [2.24, 2.45) is 7.05 Å². The van der Waals surface area contributed by atoms with Gasteiger partial charge in [0.1, 0.15) is 0 Å². The van der Waals surface area contributed by atoms with Crippen molar-refractivity contribution in [1.82, 2.24) is 19.6 Å². The zero-order valence-corrected chi connectivity index (χ0v) is 9.01. The van der Waals surface area contributed by atoms with Crippen molar-refractivity contribution in [1.29, 1.82) is 0 Å². The normalized spacial score (nSPS) is 10.5. The van der Waals surface area contributed by atoms with Crippen LogP contribution < -0.4 is 5.32 Å². The highest BCUT2D eigenvalue weighted by Gasteiger charge is 1.98. The Labute approximate surface area is 88.7 Å². The summed E-state index contributed by atoms with van der Waals surface area (Å²) in [5.74, 6) is 0. The molecule has 0 saturated heterocycles. The smallest absolute Gasteiger partial charge is 0.0729 e. The average molecular weight is 205 g/mol. The third-order valence-corrected chi connectivity index (χ3v) is 2.21. The molecular weight excluding hydrogens is 190 g/mol. The van der Waals surface area contributed by atoms with Crippen LogP contribution >= 0.6 is 0 Å². The quantitative estimate of drug-likeness (QED) is 0.817. The van der Waals surface area contributed by atoms with Crippen molar-refractivity contribution in [2.45, 2.75) is 20.0 Å². The van der Waals surface area contributed by atoms with E-state index in [4.69, 9.17) is 0 Å². The lowest BCUT2D eigenvalue weighted by molar-refractivity contribution is 0.659. The lowest BCUT2D eigenvalue weighted by Gasteiger charge is -1.99. The van der Waals surface area contributed by atoms with Crippen LogP contribution in [0.15, 0.2) is 24.8 Å². The predicted octanol–water partition coefficient (Wildman–Crippen LogP) is 1.25. The molecule has 2 aromatic heterocycles. The van der Waals surface area contributed by atoms with E-state index in [0.29, 0.717) is 0 Å². The Bertz CT molecular complexity index is 428. The minimum Gasteiger partial charge on any atom is -0.378 e. The van der Waals surface area contributed by atoms with E-state index in [2.05, 4.69) is 22.4 Å². The lowest BCUT2D eigenvalue weighted by atomic mass is 10.3. The van der Waals surface area contributed by atoms with Crippen molar-refractivity contribution >= 4 is 5.69 Å². The number of hydrogen-bond donors (Lipinski definition) is 1. The largest absolute Gasteiger partial charge is 0.378 e. The van der Waals surface area contributed by atoms with Gasteiger partial charge in [0.05, 0.1) is 18.1 Å². The maximum Gasteiger partial charge on any atom is 0.0729 e. The van der Waals surface area contributed by atoms with E-state index in [-0.39, 0.29) is 0 Å². The second-order valence-corrected chi connectivity index (χ2v) is 3.46. The molecule has 2 rings (SSSR count). The first-order valence-electron chi connectivity index (χ1n) is 5.02. The highest BCUT2D eigenvalue weighted by Crippen LogP contribution is 2.06. The molecule has 0 fully saturated rings. The van der Waals surface area contributed by atoms with Crippen molar-refractivity contribution < 1.29 is 0 Å². The number of aryl methyl sites for hydroxylation is 2. The van der Waals surface area contributed by atoms with Gasteiger partial charge in [-0.25, -0.2) is 0 Å². The van der Waals surface area contributed by atoms with Crippen LogP contribution in [0.2, 0.25) is 0 Å². The number of anilines is 1. The fourth-order valence-corrected chi connectivity index (χ4v) is 1.39. The molecule has 0 saturated carbocycles. The minimum absolute atomic E-state index is 0.783. The van der Waals surface area contributed by atoms with E-state index >= 15 is 0 Å². The van der Waals surface area contributed by atoms with Crippen molar-refractivity contribution in [3.05, 3.63) is 30.4 Å². The van der Waals surface area contributed by atoms with Gasteiger partial charge >= 0.3 is 0 Å². The number of aromatic nitrogens is 4. The Morgan fingerprint density at radius 3 is 2.73 bits per heavy atom. The van der Waals surface area contributed by atoms with Gasteiger partial charge in [0.15, 0.2) is 0 Å². The molecule has 5 heteroatoms. The van der Waals surface area contributed by atoms with Crippen molar-refractivity contribution in [3.63, 3.8) is 0 Å². The third-order valence-electron chi connectivity index (χ3n) is 2.21. The first-order valence-corrected chi connectivity index (χ1v) is 5.02. The summed E-state index contributed by atoms with van der Waals surface area (Å²) in [5.41, 5.74) is 2.21. The van der Waals surface area contributed by atoms with Gasteiger partial charge in [-0.15, -0.1) is 0 Å². The van der Waals surface area contributed by atoms with Crippen LogP contribution in [-0.2, 0) is 20.1 Å². The number of rotatable bonds is 4. The lowest BCUT2D eigenvalue weighted by Crippen LogP contribution is -1.97. The van der Waals surface area contributed by atoms with Crippen LogP contribution in [-0.4, -0.2) is 19.6 Å². The predicted molar refractivity (Wildman–Crippen MR) is 58.4 cm³/mol. The summed E-state index contributed by atoms with van der Waals surface area (Å²) in [4.78, 5) is 0. The second-order valence-electron chi connectivity index (χ2n) is 3.46. The summed E-state index contributed by atoms with van der Waals surface area (Å²) in [6.45, 7) is 3.77. The summed E-state index contributed by atoms with van der Waals surface area (Å²) in [6.07, 6.45) is 7.69. The highest BCUT2D eigenvalue weighted by atomic mass is 15.3. The molecule has 1 N–H and O–H groups in total.